The monoisotopic (exact) mass is 252 g/mol. The lowest BCUT2D eigenvalue weighted by Crippen LogP contribution is -2.33. The molecule has 0 bridgehead atoms. The third kappa shape index (κ3) is 5.23. The fourth-order valence-electron chi connectivity index (χ4n) is 1.99. The zero-order valence-corrected chi connectivity index (χ0v) is 12.3. The third-order valence-electron chi connectivity index (χ3n) is 3.40. The van der Waals surface area contributed by atoms with Crippen LogP contribution in [0.4, 0.5) is 0 Å². The largest absolute Gasteiger partial charge is 0.392 e. The van der Waals surface area contributed by atoms with Crippen LogP contribution in [0, 0.1) is 5.92 Å². The number of hydrogen-bond donors (Lipinski definition) is 1. The lowest BCUT2D eigenvalue weighted by molar-refractivity contribution is 0.101. The van der Waals surface area contributed by atoms with E-state index in [2.05, 4.69) is 48.7 Å². The van der Waals surface area contributed by atoms with Crippen molar-refractivity contribution in [3.63, 3.8) is 0 Å². The average molecular weight is 252 g/mol. The average Bonchev–Trinajstić information content (AvgIpc) is 2.71. The molecular weight excluding hydrogens is 224 g/mol. The fraction of sp³-hybridized carbons (Fsp3) is 0.733. The normalized spacial score (nSPS) is 13.5. The van der Waals surface area contributed by atoms with E-state index < -0.39 is 0 Å². The van der Waals surface area contributed by atoms with E-state index in [9.17, 15) is 5.11 Å². The van der Waals surface area contributed by atoms with Crippen molar-refractivity contribution in [2.45, 2.75) is 46.3 Å². The van der Waals surface area contributed by atoms with E-state index in [0.717, 1.165) is 26.1 Å². The summed E-state index contributed by atoms with van der Waals surface area (Å²) in [5.74, 6) is 0.708. The molecule has 1 aromatic heterocycles. The van der Waals surface area contributed by atoms with Crippen molar-refractivity contribution in [3.05, 3.63) is 24.0 Å². The number of aryl methyl sites for hydroxylation is 1. The van der Waals surface area contributed by atoms with Crippen LogP contribution in [-0.2, 0) is 13.6 Å². The maximum Gasteiger partial charge on any atom is 0.0664 e. The number of rotatable bonds is 8. The Hall–Kier alpha value is -0.800. The predicted molar refractivity (Wildman–Crippen MR) is 76.4 cm³/mol. The zero-order chi connectivity index (χ0) is 13.5. The van der Waals surface area contributed by atoms with Gasteiger partial charge < -0.3 is 9.67 Å². The molecule has 0 aromatic carbocycles. The molecule has 1 unspecified atom stereocenters. The highest BCUT2D eigenvalue weighted by Gasteiger charge is 2.12. The first-order valence-corrected chi connectivity index (χ1v) is 7.03. The molecule has 1 N–H and O–H groups in total. The van der Waals surface area contributed by atoms with E-state index in [4.69, 9.17) is 0 Å². The van der Waals surface area contributed by atoms with Gasteiger partial charge in [-0.25, -0.2) is 0 Å². The van der Waals surface area contributed by atoms with E-state index in [1.807, 2.05) is 6.92 Å². The van der Waals surface area contributed by atoms with Crippen molar-refractivity contribution in [2.75, 3.05) is 13.1 Å². The van der Waals surface area contributed by atoms with Gasteiger partial charge in [-0.3, -0.25) is 4.90 Å². The van der Waals surface area contributed by atoms with Gasteiger partial charge in [-0.2, -0.15) is 0 Å². The molecule has 0 saturated carbocycles. The predicted octanol–water partition coefficient (Wildman–Crippen LogP) is 2.64. The summed E-state index contributed by atoms with van der Waals surface area (Å²) >= 11 is 0. The summed E-state index contributed by atoms with van der Waals surface area (Å²) in [7, 11) is 2.08. The number of aromatic nitrogens is 1. The summed E-state index contributed by atoms with van der Waals surface area (Å²) in [6.07, 6.45) is 3.87. The van der Waals surface area contributed by atoms with E-state index >= 15 is 0 Å². The second-order valence-corrected chi connectivity index (χ2v) is 5.59. The van der Waals surface area contributed by atoms with Crippen molar-refractivity contribution in [2.24, 2.45) is 13.0 Å². The highest BCUT2D eigenvalue weighted by Crippen LogP contribution is 2.10. The lowest BCUT2D eigenvalue weighted by Gasteiger charge is -2.25. The first-order chi connectivity index (χ1) is 8.52. The van der Waals surface area contributed by atoms with Gasteiger partial charge in [-0.15, -0.1) is 0 Å². The Morgan fingerprint density at radius 2 is 2.11 bits per heavy atom. The Morgan fingerprint density at radius 3 is 2.61 bits per heavy atom. The molecule has 0 aliphatic carbocycles. The summed E-state index contributed by atoms with van der Waals surface area (Å²) in [4.78, 5) is 2.36. The maximum atomic E-state index is 9.84. The van der Waals surface area contributed by atoms with Crippen LogP contribution in [0.15, 0.2) is 18.3 Å². The number of aliphatic hydroxyl groups is 1. The molecule has 1 aromatic rings. The summed E-state index contributed by atoms with van der Waals surface area (Å²) in [5.41, 5.74) is 1.31. The lowest BCUT2D eigenvalue weighted by atomic mass is 10.1. The standard InChI is InChI=1S/C15H28N2O/c1-5-15(18)12-17(10-8-13(2)3)11-14-7-6-9-16(14)4/h6-7,9,13,15,18H,5,8,10-12H2,1-4H3. The minimum atomic E-state index is -0.211. The smallest absolute Gasteiger partial charge is 0.0664 e. The second kappa shape index (κ2) is 7.59. The molecule has 0 aliphatic rings. The van der Waals surface area contributed by atoms with Crippen molar-refractivity contribution in [3.8, 4) is 0 Å². The van der Waals surface area contributed by atoms with Crippen molar-refractivity contribution in [1.82, 2.24) is 9.47 Å². The van der Waals surface area contributed by atoms with Gasteiger partial charge in [0.1, 0.15) is 0 Å². The van der Waals surface area contributed by atoms with E-state index in [1.54, 1.807) is 0 Å². The van der Waals surface area contributed by atoms with Crippen molar-refractivity contribution in [1.29, 1.82) is 0 Å². The molecule has 1 heterocycles. The van der Waals surface area contributed by atoms with Crippen LogP contribution in [0.3, 0.4) is 0 Å². The number of hydrogen-bond acceptors (Lipinski definition) is 2. The number of nitrogens with zero attached hydrogens (tertiary/aromatic N) is 2. The molecule has 0 amide bonds. The highest BCUT2D eigenvalue weighted by atomic mass is 16.3. The molecule has 18 heavy (non-hydrogen) atoms. The van der Waals surface area contributed by atoms with E-state index in [0.29, 0.717) is 5.92 Å². The Bertz CT molecular complexity index is 333. The highest BCUT2D eigenvalue weighted by molar-refractivity contribution is 5.06. The molecule has 104 valence electrons. The van der Waals surface area contributed by atoms with Gasteiger partial charge in [0, 0.05) is 32.0 Å². The van der Waals surface area contributed by atoms with Crippen molar-refractivity contribution < 1.29 is 5.11 Å². The molecule has 0 radical (unpaired) electrons. The molecular formula is C15H28N2O. The van der Waals surface area contributed by atoms with Crippen LogP contribution >= 0.6 is 0 Å². The van der Waals surface area contributed by atoms with Gasteiger partial charge in [0.2, 0.25) is 0 Å². The molecule has 0 fully saturated rings. The Labute approximate surface area is 111 Å². The Morgan fingerprint density at radius 1 is 1.39 bits per heavy atom. The van der Waals surface area contributed by atoms with Gasteiger partial charge in [0.15, 0.2) is 0 Å². The second-order valence-electron chi connectivity index (χ2n) is 5.59. The summed E-state index contributed by atoms with van der Waals surface area (Å²) in [5, 5.41) is 9.84. The minimum absolute atomic E-state index is 0.211. The quantitative estimate of drug-likeness (QED) is 0.770. The SMILES string of the molecule is CCC(O)CN(CCC(C)C)Cc1cccn1C. The van der Waals surface area contributed by atoms with Gasteiger partial charge in [-0.1, -0.05) is 20.8 Å². The molecule has 1 atom stereocenters. The van der Waals surface area contributed by atoms with Gasteiger partial charge in [0.05, 0.1) is 6.10 Å². The molecule has 1 rings (SSSR count). The van der Waals surface area contributed by atoms with Crippen LogP contribution in [0.1, 0.15) is 39.3 Å². The van der Waals surface area contributed by atoms with Crippen LogP contribution in [0.25, 0.3) is 0 Å². The van der Waals surface area contributed by atoms with E-state index in [-0.39, 0.29) is 6.10 Å². The molecule has 0 aliphatic heterocycles. The number of aliphatic hydroxyl groups excluding tert-OH is 1. The van der Waals surface area contributed by atoms with E-state index in [1.165, 1.54) is 12.1 Å². The van der Waals surface area contributed by atoms with Crippen LogP contribution in [-0.4, -0.2) is 33.8 Å². The fourth-order valence-corrected chi connectivity index (χ4v) is 1.99. The van der Waals surface area contributed by atoms with Gasteiger partial charge in [0.25, 0.3) is 0 Å². The minimum Gasteiger partial charge on any atom is -0.392 e. The summed E-state index contributed by atoms with van der Waals surface area (Å²) < 4.78 is 2.15. The molecule has 3 heteroatoms. The topological polar surface area (TPSA) is 28.4 Å². The van der Waals surface area contributed by atoms with Crippen LogP contribution < -0.4 is 0 Å². The Kier molecular flexibility index (Phi) is 6.44. The van der Waals surface area contributed by atoms with Gasteiger partial charge in [-0.05, 0) is 37.4 Å². The first-order valence-electron chi connectivity index (χ1n) is 7.03. The molecule has 3 nitrogen and oxygen atoms in total. The van der Waals surface area contributed by atoms with Crippen molar-refractivity contribution >= 4 is 0 Å². The van der Waals surface area contributed by atoms with Gasteiger partial charge >= 0.3 is 0 Å². The maximum absolute atomic E-state index is 9.84. The first kappa shape index (κ1) is 15.3. The molecule has 0 spiro atoms. The summed E-state index contributed by atoms with van der Waals surface area (Å²) in [6.45, 7) is 9.28. The van der Waals surface area contributed by atoms with Crippen LogP contribution in [0.2, 0.25) is 0 Å². The van der Waals surface area contributed by atoms with Crippen LogP contribution in [0.5, 0.6) is 0 Å². The summed E-state index contributed by atoms with van der Waals surface area (Å²) in [6, 6.07) is 4.23. The zero-order valence-electron chi connectivity index (χ0n) is 12.3. The molecule has 0 saturated heterocycles. The Balaban J connectivity index is 2.56. The third-order valence-corrected chi connectivity index (χ3v) is 3.40.